The van der Waals surface area contributed by atoms with Crippen LogP contribution < -0.4 is 0 Å². The zero-order chi connectivity index (χ0) is 55.7. The van der Waals surface area contributed by atoms with E-state index in [-0.39, 0.29) is 47.4 Å². The van der Waals surface area contributed by atoms with Crippen molar-refractivity contribution in [1.82, 2.24) is 0 Å². The number of ketones is 1. The van der Waals surface area contributed by atoms with E-state index in [9.17, 15) is 76.0 Å². The number of rotatable bonds is 15. The van der Waals surface area contributed by atoms with Crippen molar-refractivity contribution in [2.75, 3.05) is 13.2 Å². The molecule has 23 heteroatoms. The lowest BCUT2D eigenvalue weighted by Gasteiger charge is -2.64. The molecular formula is C53H86O23. The van der Waals surface area contributed by atoms with Crippen molar-refractivity contribution in [3.05, 3.63) is 0 Å². The van der Waals surface area contributed by atoms with Crippen LogP contribution in [0.4, 0.5) is 0 Å². The molecule has 0 unspecified atom stereocenters. The van der Waals surface area contributed by atoms with Gasteiger partial charge in [0.1, 0.15) is 85.1 Å². The lowest BCUT2D eigenvalue weighted by Crippen LogP contribution is -2.67. The van der Waals surface area contributed by atoms with Crippen molar-refractivity contribution in [3.8, 4) is 0 Å². The second-order valence-electron chi connectivity index (χ2n) is 25.7. The first-order valence-electron chi connectivity index (χ1n) is 27.6. The molecule has 2 spiro atoms. The zero-order valence-corrected chi connectivity index (χ0v) is 44.8. The Kier molecular flexibility index (Phi) is 16.5. The largest absolute Gasteiger partial charge is 0.479 e. The van der Waals surface area contributed by atoms with E-state index in [1.165, 1.54) is 6.92 Å². The summed E-state index contributed by atoms with van der Waals surface area (Å²) in [6, 6.07) is 0. The Labute approximate surface area is 442 Å². The molecule has 76 heavy (non-hydrogen) atoms. The number of carbonyl (C=O) groups is 2. The molecule has 9 fully saturated rings. The Hall–Kier alpha value is -1.66. The predicted octanol–water partition coefficient (Wildman–Crippen LogP) is -1.57. The van der Waals surface area contributed by atoms with Crippen molar-refractivity contribution in [1.29, 1.82) is 0 Å². The van der Waals surface area contributed by atoms with Crippen molar-refractivity contribution < 1.29 is 114 Å². The normalized spacial score (nSPS) is 54.2. The molecule has 9 rings (SSSR count). The van der Waals surface area contributed by atoms with Crippen LogP contribution in [-0.2, 0) is 47.5 Å². The maximum atomic E-state index is 13.0. The van der Waals surface area contributed by atoms with E-state index < -0.39 is 169 Å². The number of ether oxygens (including phenoxy) is 8. The smallest absolute Gasteiger partial charge is 0.335 e. The maximum absolute atomic E-state index is 13.0. The van der Waals surface area contributed by atoms with Gasteiger partial charge in [-0.25, -0.2) is 4.79 Å². The average molecular weight is 1090 g/mol. The van der Waals surface area contributed by atoms with Gasteiger partial charge < -0.3 is 104 Å². The van der Waals surface area contributed by atoms with E-state index in [1.54, 1.807) is 0 Å². The van der Waals surface area contributed by atoms with Gasteiger partial charge in [-0.1, -0.05) is 48.5 Å². The molecule has 0 radical (unpaired) electrons. The topological polar surface area (TPSA) is 371 Å². The van der Waals surface area contributed by atoms with Gasteiger partial charge in [-0.3, -0.25) is 4.79 Å². The number of aliphatic hydroxyl groups excluding tert-OH is 12. The summed E-state index contributed by atoms with van der Waals surface area (Å²) >= 11 is 0. The molecule has 4 heterocycles. The zero-order valence-electron chi connectivity index (χ0n) is 44.8. The fourth-order valence-electron chi connectivity index (χ4n) is 17.0. The summed E-state index contributed by atoms with van der Waals surface area (Å²) in [6.45, 7) is 14.9. The maximum Gasteiger partial charge on any atom is 0.335 e. The Bertz CT molecular complexity index is 2080. The number of carbonyl (C=O) groups excluding carboxylic acids is 1. The Balaban J connectivity index is 0.954. The van der Waals surface area contributed by atoms with Gasteiger partial charge in [0.05, 0.1) is 37.6 Å². The number of Topliss-reactive ketones (excluding diaryl/α,β-unsaturated/α-hetero) is 1. The van der Waals surface area contributed by atoms with Gasteiger partial charge >= 0.3 is 5.97 Å². The van der Waals surface area contributed by atoms with Crippen LogP contribution in [-0.4, -0.2) is 226 Å². The molecule has 4 aliphatic heterocycles. The fourth-order valence-corrected chi connectivity index (χ4v) is 17.0. The number of aliphatic carboxylic acids is 1. The Morgan fingerprint density at radius 2 is 1.29 bits per heavy atom. The third-order valence-corrected chi connectivity index (χ3v) is 21.2. The average Bonchev–Trinajstić information content (AvgIpc) is 4.00. The highest BCUT2D eigenvalue weighted by atomic mass is 16.8. The summed E-state index contributed by atoms with van der Waals surface area (Å²) in [5.74, 6) is -1.82. The van der Waals surface area contributed by atoms with Gasteiger partial charge in [0, 0.05) is 17.8 Å². The molecule has 0 amide bonds. The van der Waals surface area contributed by atoms with Crippen LogP contribution in [0.3, 0.4) is 0 Å². The lowest BCUT2D eigenvalue weighted by molar-refractivity contribution is -0.386. The number of hydrogen-bond acceptors (Lipinski definition) is 22. The fraction of sp³-hybridized carbons (Fsp3) is 0.962. The van der Waals surface area contributed by atoms with Crippen molar-refractivity contribution in [3.63, 3.8) is 0 Å². The molecule has 4 saturated heterocycles. The first kappa shape index (κ1) is 59.0. The minimum absolute atomic E-state index is 0.0206. The molecule has 23 nitrogen and oxygen atoms in total. The van der Waals surface area contributed by atoms with Crippen LogP contribution in [0.5, 0.6) is 0 Å². The van der Waals surface area contributed by atoms with E-state index in [2.05, 4.69) is 34.6 Å². The first-order valence-corrected chi connectivity index (χ1v) is 27.6. The van der Waals surface area contributed by atoms with Gasteiger partial charge in [0.2, 0.25) is 0 Å². The summed E-state index contributed by atoms with van der Waals surface area (Å²) in [5.41, 5.74) is -2.45. The summed E-state index contributed by atoms with van der Waals surface area (Å²) < 4.78 is 48.6. The number of fused-ring (bicyclic) bond motifs is 2. The summed E-state index contributed by atoms with van der Waals surface area (Å²) in [6.07, 6.45) is -28.4. The van der Waals surface area contributed by atoms with Crippen molar-refractivity contribution >= 4 is 11.8 Å². The minimum Gasteiger partial charge on any atom is -0.479 e. The number of aliphatic hydroxyl groups is 12. The molecule has 5 saturated carbocycles. The number of carboxylic acids is 1. The summed E-state index contributed by atoms with van der Waals surface area (Å²) in [7, 11) is 0. The molecular weight excluding hydrogens is 1000 g/mol. The minimum atomic E-state index is -2.05. The van der Waals surface area contributed by atoms with E-state index in [0.29, 0.717) is 38.5 Å². The van der Waals surface area contributed by atoms with E-state index in [0.717, 1.165) is 19.3 Å². The Morgan fingerprint density at radius 3 is 1.95 bits per heavy atom. The third-order valence-electron chi connectivity index (χ3n) is 21.2. The standard InChI is InChI=1S/C53H86O23/c1-20(2)23(55)10-9-21(3)31-25(71-45-38(64)33(59)24(56)18-69-45)15-50(7)28-12-11-27-49(5,6)30(13-14-52(27)19-53(28,52)29(57)16-51(31,50)8)73-48-43(37(63)36(62)42(75-48)44(67)68)76-47-40(66)41(32(58)22(4)70-47)74-46-39(65)35(61)34(60)26(17-54)72-46/h20-22,24-43,45-48,54,56-66H,9-19H2,1-8H3,(H,67,68)/t21-,22+,24+,25+,26-,27+,28+,29-,30+,31+,32+,33+,34-,35+,36+,37+,38-,39-,40-,41-,42+,43-,45+,46+,47+,48-,50+,51-,52-,53+/m1/s1. The van der Waals surface area contributed by atoms with Crippen molar-refractivity contribution in [2.24, 2.45) is 56.7 Å². The van der Waals surface area contributed by atoms with Crippen LogP contribution in [0.25, 0.3) is 0 Å². The summed E-state index contributed by atoms with van der Waals surface area (Å²) in [4.78, 5) is 25.5. The second-order valence-corrected chi connectivity index (χ2v) is 25.7. The quantitative estimate of drug-likeness (QED) is 0.0824. The first-order chi connectivity index (χ1) is 35.5. The highest BCUT2D eigenvalue weighted by Crippen LogP contribution is 2.89. The molecule has 0 aromatic rings. The molecule has 5 aliphatic carbocycles. The predicted molar refractivity (Wildman–Crippen MR) is 258 cm³/mol. The number of hydrogen-bond donors (Lipinski definition) is 13. The van der Waals surface area contributed by atoms with E-state index in [1.807, 2.05) is 13.8 Å². The van der Waals surface area contributed by atoms with Gasteiger partial charge in [-0.05, 0) is 104 Å². The van der Waals surface area contributed by atoms with Gasteiger partial charge in [0.15, 0.2) is 31.3 Å². The molecule has 0 bridgehead atoms. The Morgan fingerprint density at radius 1 is 0.645 bits per heavy atom. The highest BCUT2D eigenvalue weighted by molar-refractivity contribution is 5.80. The molecule has 0 aromatic carbocycles. The van der Waals surface area contributed by atoms with Gasteiger partial charge in [0.25, 0.3) is 0 Å². The molecule has 9 aliphatic rings. The monoisotopic (exact) mass is 1090 g/mol. The van der Waals surface area contributed by atoms with Gasteiger partial charge in [-0.2, -0.15) is 0 Å². The van der Waals surface area contributed by atoms with Crippen LogP contribution in [0.2, 0.25) is 0 Å². The van der Waals surface area contributed by atoms with E-state index in [4.69, 9.17) is 37.9 Å². The van der Waals surface area contributed by atoms with E-state index >= 15 is 0 Å². The lowest BCUT2D eigenvalue weighted by atomic mass is 9.41. The molecule has 0 aromatic heterocycles. The van der Waals surface area contributed by atoms with Crippen molar-refractivity contribution in [2.45, 2.75) is 248 Å². The van der Waals surface area contributed by atoms with Crippen LogP contribution in [0.1, 0.15) is 113 Å². The molecule has 436 valence electrons. The van der Waals surface area contributed by atoms with Crippen LogP contribution >= 0.6 is 0 Å². The highest BCUT2D eigenvalue weighted by Gasteiger charge is 2.86. The van der Waals surface area contributed by atoms with Gasteiger partial charge in [-0.15, -0.1) is 0 Å². The van der Waals surface area contributed by atoms with Crippen LogP contribution in [0, 0.1) is 56.7 Å². The third kappa shape index (κ3) is 9.27. The van der Waals surface area contributed by atoms with Crippen LogP contribution in [0.15, 0.2) is 0 Å². The molecule has 13 N–H and O–H groups in total. The molecule has 30 atom stereocenters. The number of carboxylic acid groups (broad SMARTS) is 1. The SMILES string of the molecule is CC(C)C(=O)CC[C@@H](C)[C@H]1[C@@H](O[C@@H]2OC[C@H](O)[C@H](O)[C@H]2O)C[C@@]2(C)[C@@H]3CC[C@H]4C(C)(C)[C@@H](O[C@@H]5O[C@H](C(=O)O)[C@@H](O)[C@H](O)[C@H]5O[C@@H]5O[C@@H](C)[C@H](O)[C@@H](O[C@@H]6O[C@H](CO)[C@@H](O)[C@H](O)[C@H]6O)[C@H]5O)CC[C@@]45C[C@@]35[C@H](O)C[C@]12C. The summed E-state index contributed by atoms with van der Waals surface area (Å²) in [5, 5.41) is 142. The second kappa shape index (κ2) is 21.3.